The van der Waals surface area contributed by atoms with E-state index < -0.39 is 0 Å². The Morgan fingerprint density at radius 1 is 1.62 bits per heavy atom. The SMILES string of the molecule is C=CC(=O)n1c(C)cc(=O)c(N)c1CCC. The minimum atomic E-state index is -0.257. The molecule has 4 nitrogen and oxygen atoms in total. The maximum Gasteiger partial charge on any atom is 0.254 e. The number of carbonyl (C=O) groups excluding carboxylic acids is 1. The van der Waals surface area contributed by atoms with Gasteiger partial charge in [-0.05, 0) is 19.4 Å². The number of carbonyl (C=O) groups is 1. The molecule has 0 spiro atoms. The van der Waals surface area contributed by atoms with Crippen LogP contribution in [0.3, 0.4) is 0 Å². The molecule has 0 atom stereocenters. The van der Waals surface area contributed by atoms with Crippen molar-refractivity contribution in [2.75, 3.05) is 5.73 Å². The molecule has 0 fully saturated rings. The highest BCUT2D eigenvalue weighted by Crippen LogP contribution is 2.12. The van der Waals surface area contributed by atoms with Crippen molar-refractivity contribution in [3.05, 3.63) is 40.3 Å². The number of rotatable bonds is 3. The third-order valence-electron chi connectivity index (χ3n) is 2.42. The third kappa shape index (κ3) is 2.05. The summed E-state index contributed by atoms with van der Waals surface area (Å²) in [5.41, 5.74) is 6.81. The number of hydrogen-bond donors (Lipinski definition) is 1. The van der Waals surface area contributed by atoms with E-state index in [1.54, 1.807) is 6.92 Å². The van der Waals surface area contributed by atoms with E-state index >= 15 is 0 Å². The zero-order valence-electron chi connectivity index (χ0n) is 9.62. The van der Waals surface area contributed by atoms with Gasteiger partial charge in [0.15, 0.2) is 0 Å². The van der Waals surface area contributed by atoms with Crippen LogP contribution in [0.1, 0.15) is 29.5 Å². The van der Waals surface area contributed by atoms with Crippen molar-refractivity contribution < 1.29 is 4.79 Å². The zero-order valence-corrected chi connectivity index (χ0v) is 9.62. The summed E-state index contributed by atoms with van der Waals surface area (Å²) in [4.78, 5) is 23.2. The number of allylic oxidation sites excluding steroid dienone is 1. The molecule has 16 heavy (non-hydrogen) atoms. The average Bonchev–Trinajstić information content (AvgIpc) is 2.25. The molecule has 1 heterocycles. The predicted molar refractivity (Wildman–Crippen MR) is 64.7 cm³/mol. The van der Waals surface area contributed by atoms with Gasteiger partial charge in [-0.25, -0.2) is 0 Å². The first-order chi connectivity index (χ1) is 7.52. The first kappa shape index (κ1) is 12.2. The lowest BCUT2D eigenvalue weighted by atomic mass is 10.1. The molecule has 1 aromatic rings. The summed E-state index contributed by atoms with van der Waals surface area (Å²) in [6.07, 6.45) is 2.63. The van der Waals surface area contributed by atoms with Gasteiger partial charge in [-0.3, -0.25) is 14.2 Å². The van der Waals surface area contributed by atoms with E-state index in [0.29, 0.717) is 17.8 Å². The molecule has 2 N–H and O–H groups in total. The van der Waals surface area contributed by atoms with Gasteiger partial charge in [0.05, 0.1) is 11.4 Å². The standard InChI is InChI=1S/C12H16N2O2/c1-4-6-9-12(13)10(15)7-8(3)14(9)11(16)5-2/h5,7H,2,4,6,13H2,1,3H3. The van der Waals surface area contributed by atoms with Crippen LogP contribution in [0, 0.1) is 6.92 Å². The fourth-order valence-electron chi connectivity index (χ4n) is 1.69. The fraction of sp³-hybridized carbons (Fsp3) is 0.333. The summed E-state index contributed by atoms with van der Waals surface area (Å²) in [6, 6.07) is 1.37. The van der Waals surface area contributed by atoms with Crippen LogP contribution in [0.15, 0.2) is 23.5 Å². The molecule has 1 aromatic heterocycles. The Bertz CT molecular complexity index is 487. The second-order valence-electron chi connectivity index (χ2n) is 3.64. The molecular formula is C12H16N2O2. The van der Waals surface area contributed by atoms with Crippen LogP contribution in [0.25, 0.3) is 0 Å². The molecule has 0 bridgehead atoms. The number of nitrogen functional groups attached to an aromatic ring is 1. The Balaban J connectivity index is 3.56. The lowest BCUT2D eigenvalue weighted by Crippen LogP contribution is -2.24. The van der Waals surface area contributed by atoms with Crippen molar-refractivity contribution in [3.8, 4) is 0 Å². The van der Waals surface area contributed by atoms with Crippen molar-refractivity contribution in [1.82, 2.24) is 4.57 Å². The number of nitrogens with zero attached hydrogens (tertiary/aromatic N) is 1. The second-order valence-corrected chi connectivity index (χ2v) is 3.64. The first-order valence-electron chi connectivity index (χ1n) is 5.20. The van der Waals surface area contributed by atoms with Gasteiger partial charge in [-0.2, -0.15) is 0 Å². The van der Waals surface area contributed by atoms with E-state index in [1.165, 1.54) is 16.7 Å². The van der Waals surface area contributed by atoms with Crippen LogP contribution >= 0.6 is 0 Å². The monoisotopic (exact) mass is 220 g/mol. The summed E-state index contributed by atoms with van der Waals surface area (Å²) < 4.78 is 1.45. The van der Waals surface area contributed by atoms with Crippen LogP contribution in [-0.4, -0.2) is 10.5 Å². The van der Waals surface area contributed by atoms with E-state index in [0.717, 1.165) is 6.42 Å². The Kier molecular flexibility index (Phi) is 3.66. The first-order valence-corrected chi connectivity index (χ1v) is 5.20. The van der Waals surface area contributed by atoms with E-state index in [4.69, 9.17) is 5.73 Å². The number of aryl methyl sites for hydroxylation is 1. The van der Waals surface area contributed by atoms with E-state index in [1.807, 2.05) is 6.92 Å². The predicted octanol–water partition coefficient (Wildman–Crippen LogP) is 1.52. The minimum Gasteiger partial charge on any atom is -0.394 e. The van der Waals surface area contributed by atoms with Crippen LogP contribution in [0.5, 0.6) is 0 Å². The normalized spacial score (nSPS) is 10.1. The van der Waals surface area contributed by atoms with Gasteiger partial charge >= 0.3 is 0 Å². The lowest BCUT2D eigenvalue weighted by molar-refractivity contribution is 0.0963. The topological polar surface area (TPSA) is 65.1 Å². The number of anilines is 1. The largest absolute Gasteiger partial charge is 0.394 e. The fourth-order valence-corrected chi connectivity index (χ4v) is 1.69. The van der Waals surface area contributed by atoms with Crippen LogP contribution in [0.2, 0.25) is 0 Å². The summed E-state index contributed by atoms with van der Waals surface area (Å²) in [7, 11) is 0. The molecule has 4 heteroatoms. The number of hydrogen-bond acceptors (Lipinski definition) is 3. The van der Waals surface area contributed by atoms with E-state index in [2.05, 4.69) is 6.58 Å². The summed E-state index contributed by atoms with van der Waals surface area (Å²) >= 11 is 0. The zero-order chi connectivity index (χ0) is 12.3. The van der Waals surface area contributed by atoms with Gasteiger partial charge in [0.25, 0.3) is 5.91 Å². The van der Waals surface area contributed by atoms with Gasteiger partial charge < -0.3 is 5.73 Å². The molecule has 0 aliphatic rings. The van der Waals surface area contributed by atoms with Crippen molar-refractivity contribution in [2.24, 2.45) is 0 Å². The molecule has 0 radical (unpaired) electrons. The minimum absolute atomic E-state index is 0.155. The van der Waals surface area contributed by atoms with Crippen molar-refractivity contribution in [3.63, 3.8) is 0 Å². The molecular weight excluding hydrogens is 204 g/mol. The second kappa shape index (κ2) is 4.79. The smallest absolute Gasteiger partial charge is 0.254 e. The molecule has 0 saturated heterocycles. The maximum atomic E-state index is 11.7. The quantitative estimate of drug-likeness (QED) is 0.785. The molecule has 86 valence electrons. The third-order valence-corrected chi connectivity index (χ3v) is 2.42. The number of pyridine rings is 1. The van der Waals surface area contributed by atoms with Crippen molar-refractivity contribution in [2.45, 2.75) is 26.7 Å². The van der Waals surface area contributed by atoms with Gasteiger partial charge in [0.1, 0.15) is 0 Å². The molecule has 0 aromatic carbocycles. The number of nitrogens with two attached hydrogens (primary N) is 1. The molecule has 0 aliphatic heterocycles. The Morgan fingerprint density at radius 2 is 2.25 bits per heavy atom. The molecule has 0 aliphatic carbocycles. The van der Waals surface area contributed by atoms with Crippen LogP contribution in [0.4, 0.5) is 5.69 Å². The summed E-state index contributed by atoms with van der Waals surface area (Å²) in [5, 5.41) is 0. The van der Waals surface area contributed by atoms with Crippen molar-refractivity contribution >= 4 is 11.6 Å². The van der Waals surface area contributed by atoms with Gasteiger partial charge in [0.2, 0.25) is 5.43 Å². The highest BCUT2D eigenvalue weighted by Gasteiger charge is 2.13. The Hall–Kier alpha value is -1.84. The highest BCUT2D eigenvalue weighted by molar-refractivity contribution is 5.91. The number of aromatic nitrogens is 1. The van der Waals surface area contributed by atoms with Crippen LogP contribution < -0.4 is 11.2 Å². The molecule has 0 amide bonds. The van der Waals surface area contributed by atoms with Gasteiger partial charge in [-0.15, -0.1) is 0 Å². The molecule has 0 unspecified atom stereocenters. The van der Waals surface area contributed by atoms with Gasteiger partial charge in [0, 0.05) is 11.8 Å². The Labute approximate surface area is 94.4 Å². The molecule has 1 rings (SSSR count). The maximum absolute atomic E-state index is 11.7. The lowest BCUT2D eigenvalue weighted by Gasteiger charge is -2.15. The van der Waals surface area contributed by atoms with Crippen molar-refractivity contribution in [1.29, 1.82) is 0 Å². The molecule has 0 saturated carbocycles. The van der Waals surface area contributed by atoms with Crippen LogP contribution in [-0.2, 0) is 6.42 Å². The highest BCUT2D eigenvalue weighted by atomic mass is 16.2. The average molecular weight is 220 g/mol. The van der Waals surface area contributed by atoms with Gasteiger partial charge in [-0.1, -0.05) is 19.9 Å². The Morgan fingerprint density at radius 3 is 2.75 bits per heavy atom. The summed E-state index contributed by atoms with van der Waals surface area (Å²) in [6.45, 7) is 7.12. The summed E-state index contributed by atoms with van der Waals surface area (Å²) in [5.74, 6) is -0.257. The van der Waals surface area contributed by atoms with E-state index in [-0.39, 0.29) is 17.0 Å². The van der Waals surface area contributed by atoms with E-state index in [9.17, 15) is 9.59 Å².